The first-order chi connectivity index (χ1) is 9.44. The number of hydrogen-bond acceptors (Lipinski definition) is 4. The first kappa shape index (κ1) is 14.8. The fraction of sp³-hybridized carbons (Fsp3) is 0.308. The van der Waals surface area contributed by atoms with Gasteiger partial charge in [0.15, 0.2) is 5.69 Å². The Labute approximate surface area is 118 Å². The second kappa shape index (κ2) is 5.80. The number of benzene rings is 1. The Bertz CT molecular complexity index is 578. The van der Waals surface area contributed by atoms with Crippen LogP contribution in [0.15, 0.2) is 24.3 Å². The maximum atomic E-state index is 12.8. The topological polar surface area (TPSA) is 48.1 Å². The molecule has 0 bridgehead atoms. The number of thiazole rings is 1. The maximum Gasteiger partial charge on any atom is 0.434 e. The van der Waals surface area contributed by atoms with E-state index in [0.29, 0.717) is 17.2 Å². The quantitative estimate of drug-likeness (QED) is 0.943. The average molecular weight is 302 g/mol. The van der Waals surface area contributed by atoms with Gasteiger partial charge in [-0.05, 0) is 17.7 Å². The summed E-state index contributed by atoms with van der Waals surface area (Å²) in [4.78, 5) is 3.74. The van der Waals surface area contributed by atoms with Crippen molar-refractivity contribution in [3.05, 3.63) is 45.4 Å². The molecule has 20 heavy (non-hydrogen) atoms. The lowest BCUT2D eigenvalue weighted by Gasteiger charge is -2.03. The molecule has 0 fully saturated rings. The van der Waals surface area contributed by atoms with Gasteiger partial charge in [-0.25, -0.2) is 4.98 Å². The summed E-state index contributed by atoms with van der Waals surface area (Å²) in [5, 5.41) is 0.406. The van der Waals surface area contributed by atoms with Gasteiger partial charge in [0.2, 0.25) is 0 Å². The summed E-state index contributed by atoms with van der Waals surface area (Å²) >= 11 is 1.00. The zero-order valence-electron chi connectivity index (χ0n) is 10.7. The number of halogens is 3. The van der Waals surface area contributed by atoms with Crippen LogP contribution in [0.5, 0.6) is 5.75 Å². The van der Waals surface area contributed by atoms with Crippen LogP contribution in [0.2, 0.25) is 0 Å². The average Bonchev–Trinajstić information content (AvgIpc) is 2.83. The van der Waals surface area contributed by atoms with Crippen LogP contribution >= 0.6 is 11.3 Å². The molecular weight excluding hydrogens is 289 g/mol. The van der Waals surface area contributed by atoms with Crippen LogP contribution in [0, 0.1) is 0 Å². The van der Waals surface area contributed by atoms with Crippen molar-refractivity contribution < 1.29 is 17.9 Å². The van der Waals surface area contributed by atoms with Gasteiger partial charge in [0.1, 0.15) is 5.75 Å². The summed E-state index contributed by atoms with van der Waals surface area (Å²) in [6.45, 7) is -0.158. The van der Waals surface area contributed by atoms with Crippen LogP contribution < -0.4 is 10.5 Å². The molecule has 2 aromatic rings. The Kier molecular flexibility index (Phi) is 4.29. The monoisotopic (exact) mass is 302 g/mol. The molecule has 1 aromatic heterocycles. The van der Waals surface area contributed by atoms with Crippen molar-refractivity contribution in [3.8, 4) is 5.75 Å². The third-order valence-electron chi connectivity index (χ3n) is 2.71. The third kappa shape index (κ3) is 3.29. The van der Waals surface area contributed by atoms with Crippen LogP contribution in [-0.4, -0.2) is 12.1 Å². The number of aromatic nitrogens is 1. The van der Waals surface area contributed by atoms with Crippen LogP contribution in [0.3, 0.4) is 0 Å². The van der Waals surface area contributed by atoms with Crippen LogP contribution in [0.1, 0.15) is 21.1 Å². The van der Waals surface area contributed by atoms with E-state index in [0.717, 1.165) is 16.9 Å². The Morgan fingerprint density at radius 1 is 1.25 bits per heavy atom. The molecular formula is C13H13F3N2OS. The van der Waals surface area contributed by atoms with Gasteiger partial charge in [0.05, 0.1) is 17.0 Å². The van der Waals surface area contributed by atoms with Gasteiger partial charge in [-0.1, -0.05) is 12.1 Å². The summed E-state index contributed by atoms with van der Waals surface area (Å²) in [5.74, 6) is 0.700. The van der Waals surface area contributed by atoms with Crippen molar-refractivity contribution in [1.29, 1.82) is 0 Å². The SMILES string of the molecule is COc1ccc(Cc2nc(C(F)(F)F)c(CN)s2)cc1. The molecule has 0 radical (unpaired) electrons. The molecule has 2 rings (SSSR count). The largest absolute Gasteiger partial charge is 0.497 e. The summed E-state index contributed by atoms with van der Waals surface area (Å²) < 4.78 is 43.3. The number of alkyl halides is 3. The van der Waals surface area contributed by atoms with E-state index in [9.17, 15) is 13.2 Å². The molecule has 1 aromatic carbocycles. The minimum absolute atomic E-state index is 0.0704. The van der Waals surface area contributed by atoms with E-state index in [1.807, 2.05) is 0 Å². The van der Waals surface area contributed by atoms with Gasteiger partial charge in [-0.3, -0.25) is 0 Å². The van der Waals surface area contributed by atoms with Crippen molar-refractivity contribution in [1.82, 2.24) is 4.98 Å². The first-order valence-corrected chi connectivity index (χ1v) is 6.64. The van der Waals surface area contributed by atoms with Crippen LogP contribution in [0.25, 0.3) is 0 Å². The molecule has 0 aliphatic heterocycles. The summed E-state index contributed by atoms with van der Waals surface area (Å²) in [7, 11) is 1.55. The molecule has 0 amide bonds. The van der Waals surface area contributed by atoms with Crippen molar-refractivity contribution in [2.24, 2.45) is 5.73 Å². The van der Waals surface area contributed by atoms with E-state index in [4.69, 9.17) is 10.5 Å². The number of nitrogens with two attached hydrogens (primary N) is 1. The standard InChI is InChI=1S/C13H13F3N2OS/c1-19-9-4-2-8(3-5-9)6-11-18-12(13(14,15)16)10(7-17)20-11/h2-5H,6-7,17H2,1H3. The van der Waals surface area contributed by atoms with Gasteiger partial charge >= 0.3 is 6.18 Å². The Hall–Kier alpha value is -1.60. The fourth-order valence-corrected chi connectivity index (χ4v) is 2.76. The van der Waals surface area contributed by atoms with E-state index >= 15 is 0 Å². The molecule has 7 heteroatoms. The van der Waals surface area contributed by atoms with Crippen molar-refractivity contribution in [2.45, 2.75) is 19.1 Å². The Balaban J connectivity index is 2.23. The number of nitrogens with zero attached hydrogens (tertiary/aromatic N) is 1. The van der Waals surface area contributed by atoms with Gasteiger partial charge in [0.25, 0.3) is 0 Å². The molecule has 1 heterocycles. The van der Waals surface area contributed by atoms with Crippen molar-refractivity contribution >= 4 is 11.3 Å². The van der Waals surface area contributed by atoms with Gasteiger partial charge in [-0.15, -0.1) is 11.3 Å². The fourth-order valence-electron chi connectivity index (χ4n) is 1.75. The molecule has 0 aliphatic carbocycles. The molecule has 0 unspecified atom stereocenters. The molecule has 3 nitrogen and oxygen atoms in total. The van der Waals surface area contributed by atoms with E-state index in [1.165, 1.54) is 0 Å². The zero-order chi connectivity index (χ0) is 14.8. The summed E-state index contributed by atoms with van der Waals surface area (Å²) in [5.41, 5.74) is 5.35. The molecule has 0 spiro atoms. The number of methoxy groups -OCH3 is 1. The molecule has 0 saturated carbocycles. The lowest BCUT2D eigenvalue weighted by molar-refractivity contribution is -0.141. The Morgan fingerprint density at radius 3 is 2.35 bits per heavy atom. The number of hydrogen-bond donors (Lipinski definition) is 1. The van der Waals surface area contributed by atoms with Gasteiger partial charge in [-0.2, -0.15) is 13.2 Å². The highest BCUT2D eigenvalue weighted by molar-refractivity contribution is 7.11. The van der Waals surface area contributed by atoms with E-state index in [1.54, 1.807) is 31.4 Å². The molecule has 0 saturated heterocycles. The highest BCUT2D eigenvalue weighted by Gasteiger charge is 2.36. The van der Waals surface area contributed by atoms with Crippen molar-refractivity contribution in [2.75, 3.05) is 7.11 Å². The highest BCUT2D eigenvalue weighted by Crippen LogP contribution is 2.34. The van der Waals surface area contributed by atoms with E-state index in [-0.39, 0.29) is 11.4 Å². The minimum Gasteiger partial charge on any atom is -0.497 e. The Morgan fingerprint density at radius 2 is 1.90 bits per heavy atom. The van der Waals surface area contributed by atoms with Gasteiger partial charge < -0.3 is 10.5 Å². The maximum absolute atomic E-state index is 12.8. The zero-order valence-corrected chi connectivity index (χ0v) is 11.5. The number of ether oxygens (including phenoxy) is 1. The molecule has 2 N–H and O–H groups in total. The highest BCUT2D eigenvalue weighted by atomic mass is 32.1. The second-order valence-corrected chi connectivity index (χ2v) is 5.27. The molecule has 0 atom stereocenters. The van der Waals surface area contributed by atoms with Crippen LogP contribution in [0.4, 0.5) is 13.2 Å². The first-order valence-electron chi connectivity index (χ1n) is 5.83. The second-order valence-electron chi connectivity index (χ2n) is 4.11. The lowest BCUT2D eigenvalue weighted by Crippen LogP contribution is -2.10. The summed E-state index contributed by atoms with van der Waals surface area (Å²) in [6.07, 6.45) is -4.11. The van der Waals surface area contributed by atoms with Crippen LogP contribution in [-0.2, 0) is 19.1 Å². The van der Waals surface area contributed by atoms with E-state index in [2.05, 4.69) is 4.98 Å². The third-order valence-corrected chi connectivity index (χ3v) is 3.79. The predicted octanol–water partition coefficient (Wildman–Crippen LogP) is 3.22. The molecule has 108 valence electrons. The molecule has 0 aliphatic rings. The smallest absolute Gasteiger partial charge is 0.434 e. The minimum atomic E-state index is -4.45. The summed E-state index contributed by atoms with van der Waals surface area (Å²) in [6, 6.07) is 7.13. The predicted molar refractivity (Wildman–Crippen MR) is 70.8 cm³/mol. The lowest BCUT2D eigenvalue weighted by atomic mass is 10.1. The normalized spacial score (nSPS) is 11.7. The van der Waals surface area contributed by atoms with Gasteiger partial charge in [0, 0.05) is 13.0 Å². The van der Waals surface area contributed by atoms with E-state index < -0.39 is 11.9 Å². The van der Waals surface area contributed by atoms with Crippen molar-refractivity contribution in [3.63, 3.8) is 0 Å². The number of rotatable bonds is 4.